The minimum absolute atomic E-state index is 0.0800. The number of sulfonamides is 1. The molecule has 3 fully saturated rings. The van der Waals surface area contributed by atoms with Crippen molar-refractivity contribution in [1.82, 2.24) is 19.0 Å². The molecule has 0 spiro atoms. The third-order valence-electron chi connectivity index (χ3n) is 5.30. The van der Waals surface area contributed by atoms with E-state index in [-0.39, 0.29) is 11.3 Å². The van der Waals surface area contributed by atoms with Crippen LogP contribution in [0.2, 0.25) is 0 Å². The number of fused-ring (bicyclic) bond motifs is 1. The number of alkyl halides is 3. The van der Waals surface area contributed by atoms with Crippen LogP contribution in [0.15, 0.2) is 12.4 Å². The molecule has 0 aromatic carbocycles. The molecular formula is C16H23F3N4O4S. The Balaban J connectivity index is 0.000000279. The molecule has 12 heteroatoms. The molecule has 0 unspecified atom stereocenters. The highest BCUT2D eigenvalue weighted by Crippen LogP contribution is 2.39. The van der Waals surface area contributed by atoms with Crippen LogP contribution >= 0.6 is 0 Å². The second-order valence-corrected chi connectivity index (χ2v) is 9.53. The number of aromatic nitrogens is 2. The van der Waals surface area contributed by atoms with E-state index < -0.39 is 22.2 Å². The molecule has 28 heavy (non-hydrogen) atoms. The summed E-state index contributed by atoms with van der Waals surface area (Å²) in [4.78, 5) is 11.3. The molecule has 0 bridgehead atoms. The van der Waals surface area contributed by atoms with Crippen LogP contribution in [0.25, 0.3) is 0 Å². The van der Waals surface area contributed by atoms with Crippen LogP contribution in [-0.2, 0) is 28.4 Å². The van der Waals surface area contributed by atoms with Gasteiger partial charge in [0.2, 0.25) is 10.0 Å². The lowest BCUT2D eigenvalue weighted by molar-refractivity contribution is -0.192. The van der Waals surface area contributed by atoms with Gasteiger partial charge in [0.05, 0.1) is 11.4 Å². The molecule has 0 radical (unpaired) electrons. The highest BCUT2D eigenvalue weighted by molar-refractivity contribution is 7.90. The fourth-order valence-electron chi connectivity index (χ4n) is 3.89. The Morgan fingerprint density at radius 2 is 1.82 bits per heavy atom. The van der Waals surface area contributed by atoms with Crippen molar-refractivity contribution in [3.05, 3.63) is 18.0 Å². The van der Waals surface area contributed by atoms with Gasteiger partial charge in [-0.25, -0.2) is 13.2 Å². The second kappa shape index (κ2) is 7.64. The molecule has 2 saturated heterocycles. The van der Waals surface area contributed by atoms with Crippen LogP contribution in [0.5, 0.6) is 0 Å². The zero-order chi connectivity index (χ0) is 20.7. The monoisotopic (exact) mass is 424 g/mol. The summed E-state index contributed by atoms with van der Waals surface area (Å²) in [5.74, 6) is -2.76. The Kier molecular flexibility index (Phi) is 5.74. The number of likely N-dealkylation sites (tertiary alicyclic amines) is 1. The highest BCUT2D eigenvalue weighted by atomic mass is 32.2. The molecule has 1 saturated carbocycles. The Morgan fingerprint density at radius 1 is 1.21 bits per heavy atom. The average Bonchev–Trinajstić information content (AvgIpc) is 3.08. The van der Waals surface area contributed by atoms with Gasteiger partial charge in [-0.1, -0.05) is 0 Å². The van der Waals surface area contributed by atoms with E-state index in [1.807, 2.05) is 28.4 Å². The van der Waals surface area contributed by atoms with E-state index in [2.05, 4.69) is 10.00 Å². The summed E-state index contributed by atoms with van der Waals surface area (Å²) in [6.45, 7) is 2.57. The first kappa shape index (κ1) is 21.1. The lowest BCUT2D eigenvalue weighted by Gasteiger charge is -2.25. The van der Waals surface area contributed by atoms with Gasteiger partial charge < -0.3 is 5.11 Å². The lowest BCUT2D eigenvalue weighted by atomic mass is 10.1. The maximum absolute atomic E-state index is 12.5. The zero-order valence-electron chi connectivity index (χ0n) is 15.3. The van der Waals surface area contributed by atoms with E-state index in [1.165, 1.54) is 5.56 Å². The average molecular weight is 424 g/mol. The molecule has 2 atom stereocenters. The van der Waals surface area contributed by atoms with E-state index in [4.69, 9.17) is 9.90 Å². The quantitative estimate of drug-likeness (QED) is 0.780. The van der Waals surface area contributed by atoms with Crippen molar-refractivity contribution in [1.29, 1.82) is 0 Å². The van der Waals surface area contributed by atoms with Crippen molar-refractivity contribution in [2.45, 2.75) is 55.7 Å². The Labute approximate surface area is 161 Å². The summed E-state index contributed by atoms with van der Waals surface area (Å²) in [6.07, 6.45) is 2.51. The summed E-state index contributed by atoms with van der Waals surface area (Å²) in [5, 5.41) is 11.3. The van der Waals surface area contributed by atoms with Crippen molar-refractivity contribution in [2.24, 2.45) is 7.05 Å². The van der Waals surface area contributed by atoms with Gasteiger partial charge in [-0.05, 0) is 25.7 Å². The van der Waals surface area contributed by atoms with Crippen molar-refractivity contribution >= 4 is 16.0 Å². The topological polar surface area (TPSA) is 95.7 Å². The van der Waals surface area contributed by atoms with Gasteiger partial charge >= 0.3 is 12.1 Å². The van der Waals surface area contributed by atoms with Gasteiger partial charge in [-0.2, -0.15) is 22.6 Å². The maximum Gasteiger partial charge on any atom is 0.490 e. The van der Waals surface area contributed by atoms with Gasteiger partial charge in [0.15, 0.2) is 0 Å². The van der Waals surface area contributed by atoms with Crippen LogP contribution in [0.4, 0.5) is 13.2 Å². The molecule has 1 aromatic heterocycles. The van der Waals surface area contributed by atoms with Gasteiger partial charge in [0.1, 0.15) is 0 Å². The number of carbonyl (C=O) groups is 1. The smallest absolute Gasteiger partial charge is 0.475 e. The number of aryl methyl sites for hydroxylation is 1. The molecule has 1 N–H and O–H groups in total. The van der Waals surface area contributed by atoms with Crippen molar-refractivity contribution < 1.29 is 31.5 Å². The van der Waals surface area contributed by atoms with Crippen LogP contribution in [0.3, 0.4) is 0 Å². The first-order valence-corrected chi connectivity index (χ1v) is 10.5. The lowest BCUT2D eigenvalue weighted by Crippen LogP contribution is -2.41. The van der Waals surface area contributed by atoms with Gasteiger partial charge in [-0.3, -0.25) is 9.58 Å². The number of aliphatic carboxylic acids is 1. The third-order valence-corrected chi connectivity index (χ3v) is 7.72. The Morgan fingerprint density at radius 3 is 2.32 bits per heavy atom. The summed E-state index contributed by atoms with van der Waals surface area (Å²) >= 11 is 0. The van der Waals surface area contributed by atoms with Crippen LogP contribution in [0, 0.1) is 0 Å². The maximum atomic E-state index is 12.5. The number of nitrogens with zero attached hydrogens (tertiary/aromatic N) is 4. The summed E-state index contributed by atoms with van der Waals surface area (Å²) in [7, 11) is -1.10. The molecular weight excluding hydrogens is 401 g/mol. The molecule has 158 valence electrons. The number of halogens is 3. The minimum Gasteiger partial charge on any atom is -0.475 e. The molecule has 1 aromatic rings. The molecule has 1 aliphatic carbocycles. The van der Waals surface area contributed by atoms with E-state index in [9.17, 15) is 21.6 Å². The van der Waals surface area contributed by atoms with Crippen LogP contribution in [-0.4, -0.2) is 75.1 Å². The third kappa shape index (κ3) is 4.49. The fourth-order valence-corrected chi connectivity index (χ4v) is 5.99. The van der Waals surface area contributed by atoms with Gasteiger partial charge in [-0.15, -0.1) is 0 Å². The standard InChI is InChI=1S/C14H22N4O2S.C2HF3O2/c1-16-9-11(8-15-16)10-17-6-4-14-13(17)5-7-18(14)21(19,20)12-2-3-12;3-2(4,5)1(6)7/h8-9,12-14H,2-7,10H2,1H3;(H,6,7)/t13-,14+;/m1./s1. The SMILES string of the molecule is Cn1cc(CN2CC[C@H]3[C@H]2CCN3S(=O)(=O)C2CC2)cn1.O=C(O)C(F)(F)F. The van der Waals surface area contributed by atoms with Crippen molar-refractivity contribution in [2.75, 3.05) is 13.1 Å². The highest BCUT2D eigenvalue weighted by Gasteiger charge is 2.50. The predicted octanol–water partition coefficient (Wildman–Crippen LogP) is 1.19. The number of hydrogen-bond acceptors (Lipinski definition) is 5. The number of carboxylic acids is 1. The molecule has 4 rings (SSSR count). The summed E-state index contributed by atoms with van der Waals surface area (Å²) in [6, 6.07) is 0.589. The first-order chi connectivity index (χ1) is 13.0. The van der Waals surface area contributed by atoms with E-state index >= 15 is 0 Å². The van der Waals surface area contributed by atoms with Crippen molar-refractivity contribution in [3.63, 3.8) is 0 Å². The van der Waals surface area contributed by atoms with Crippen LogP contribution in [0.1, 0.15) is 31.2 Å². The van der Waals surface area contributed by atoms with E-state index in [1.54, 1.807) is 0 Å². The normalized spacial score (nSPS) is 26.0. The number of carboxylic acid groups (broad SMARTS) is 1. The number of rotatable bonds is 4. The summed E-state index contributed by atoms with van der Waals surface area (Å²) in [5.41, 5.74) is 1.21. The molecule has 8 nitrogen and oxygen atoms in total. The predicted molar refractivity (Wildman–Crippen MR) is 92.8 cm³/mol. The largest absolute Gasteiger partial charge is 0.490 e. The molecule has 0 amide bonds. The van der Waals surface area contributed by atoms with Crippen LogP contribution < -0.4 is 0 Å². The van der Waals surface area contributed by atoms with E-state index in [0.717, 1.165) is 38.8 Å². The number of hydrogen-bond donors (Lipinski definition) is 1. The minimum atomic E-state index is -5.08. The molecule has 3 aliphatic rings. The fraction of sp³-hybridized carbons (Fsp3) is 0.750. The second-order valence-electron chi connectivity index (χ2n) is 7.36. The van der Waals surface area contributed by atoms with Crippen molar-refractivity contribution in [3.8, 4) is 0 Å². The first-order valence-electron chi connectivity index (χ1n) is 9.02. The zero-order valence-corrected chi connectivity index (χ0v) is 16.2. The van der Waals surface area contributed by atoms with Gasteiger partial charge in [0.25, 0.3) is 0 Å². The Hall–Kier alpha value is -1.66. The molecule has 2 aliphatic heterocycles. The molecule has 3 heterocycles. The Bertz CT molecular complexity index is 822. The summed E-state index contributed by atoms with van der Waals surface area (Å²) < 4.78 is 60.4. The van der Waals surface area contributed by atoms with Gasteiger partial charge in [0, 0.05) is 50.5 Å². The van der Waals surface area contributed by atoms with E-state index in [0.29, 0.717) is 12.6 Å².